The second-order valence-electron chi connectivity index (χ2n) is 5.63. The molecule has 0 fully saturated rings. The molecule has 2 heterocycles. The lowest BCUT2D eigenvalue weighted by Crippen LogP contribution is -2.50. The Bertz CT molecular complexity index is 876. The van der Waals surface area contributed by atoms with Gasteiger partial charge in [-0.05, 0) is 18.2 Å². The van der Waals surface area contributed by atoms with Gasteiger partial charge >= 0.3 is 0 Å². The molecule has 1 atom stereocenters. The molecule has 0 aromatic heterocycles. The van der Waals surface area contributed by atoms with Crippen molar-refractivity contribution in [1.29, 1.82) is 0 Å². The van der Waals surface area contributed by atoms with E-state index in [1.165, 1.54) is 0 Å². The molecule has 4 N–H and O–H groups in total. The minimum Gasteiger partial charge on any atom is -0.370 e. The van der Waals surface area contributed by atoms with Crippen molar-refractivity contribution in [2.24, 2.45) is 15.7 Å². The van der Waals surface area contributed by atoms with E-state index < -0.39 is 5.66 Å². The number of rotatable bonds is 1. The summed E-state index contributed by atoms with van der Waals surface area (Å²) in [5.74, 6) is 0.287. The van der Waals surface area contributed by atoms with Crippen molar-refractivity contribution < 1.29 is 4.79 Å². The van der Waals surface area contributed by atoms with E-state index in [4.69, 9.17) is 5.73 Å². The van der Waals surface area contributed by atoms with Gasteiger partial charge in [-0.3, -0.25) is 10.1 Å². The Balaban J connectivity index is 1.82. The van der Waals surface area contributed by atoms with Crippen LogP contribution in [0.3, 0.4) is 0 Å². The predicted molar refractivity (Wildman–Crippen MR) is 93.8 cm³/mol. The molecule has 24 heavy (non-hydrogen) atoms. The topological polar surface area (TPSA) is 95.1 Å². The van der Waals surface area contributed by atoms with Gasteiger partial charge in [-0.15, -0.1) is 0 Å². The first-order chi connectivity index (χ1) is 11.6. The van der Waals surface area contributed by atoms with E-state index >= 15 is 0 Å². The number of para-hydroxylation sites is 2. The summed E-state index contributed by atoms with van der Waals surface area (Å²) >= 11 is 0. The van der Waals surface area contributed by atoms with Crippen LogP contribution in [0.25, 0.3) is 0 Å². The summed E-state index contributed by atoms with van der Waals surface area (Å²) in [6.07, 6.45) is 0. The van der Waals surface area contributed by atoms with Crippen LogP contribution in [0.2, 0.25) is 0 Å². The quantitative estimate of drug-likeness (QED) is 0.736. The molecule has 0 radical (unpaired) electrons. The number of likely N-dealkylation sites (N-methyl/N-ethyl adjacent to an activating group) is 1. The van der Waals surface area contributed by atoms with Crippen molar-refractivity contribution in [1.82, 2.24) is 5.32 Å². The number of nitrogens with zero attached hydrogens (tertiary/aromatic N) is 3. The Hall–Kier alpha value is -3.35. The maximum Gasteiger partial charge on any atom is 0.282 e. The highest BCUT2D eigenvalue weighted by Crippen LogP contribution is 2.43. The van der Waals surface area contributed by atoms with Crippen molar-refractivity contribution in [3.05, 3.63) is 60.2 Å². The molecule has 1 spiro atoms. The van der Waals surface area contributed by atoms with Crippen LogP contribution in [-0.4, -0.2) is 24.9 Å². The standard InChI is InChI=1S/C17H16N6O/c1-23-13-10-6-5-9-12(13)17(14(23)24)21-15(18)20-16(22-17)19-11-7-3-2-4-8-11/h2-10H,1H3,(H4,18,19,20,21,22). The highest BCUT2D eigenvalue weighted by atomic mass is 16.2. The first kappa shape index (κ1) is 14.3. The number of fused-ring (bicyclic) bond motifs is 2. The number of hydrogen-bond acceptors (Lipinski definition) is 6. The lowest BCUT2D eigenvalue weighted by molar-refractivity contribution is -0.122. The van der Waals surface area contributed by atoms with Crippen LogP contribution in [-0.2, 0) is 10.5 Å². The largest absolute Gasteiger partial charge is 0.370 e. The molecule has 1 amide bonds. The zero-order valence-corrected chi connectivity index (χ0v) is 13.0. The van der Waals surface area contributed by atoms with Gasteiger partial charge in [0, 0.05) is 18.3 Å². The van der Waals surface area contributed by atoms with E-state index in [1.807, 2.05) is 54.6 Å². The number of carbonyl (C=O) groups excluding carboxylic acids is 1. The second kappa shape index (κ2) is 5.09. The number of hydrogen-bond donors (Lipinski definition) is 3. The highest BCUT2D eigenvalue weighted by Gasteiger charge is 2.52. The molecule has 0 saturated carbocycles. The minimum absolute atomic E-state index is 0.141. The fourth-order valence-corrected chi connectivity index (χ4v) is 2.99. The molecular formula is C17H16N6O. The van der Waals surface area contributed by atoms with Crippen molar-refractivity contribution >= 4 is 29.2 Å². The van der Waals surface area contributed by atoms with Crippen molar-refractivity contribution in [2.75, 3.05) is 17.3 Å². The van der Waals surface area contributed by atoms with E-state index in [0.717, 1.165) is 11.4 Å². The van der Waals surface area contributed by atoms with Crippen LogP contribution in [0.4, 0.5) is 11.4 Å². The van der Waals surface area contributed by atoms with Gasteiger partial charge in [0.05, 0.1) is 5.69 Å². The van der Waals surface area contributed by atoms with Gasteiger partial charge in [0.25, 0.3) is 11.6 Å². The number of nitrogens with one attached hydrogen (secondary N) is 2. The molecular weight excluding hydrogens is 304 g/mol. The van der Waals surface area contributed by atoms with Crippen molar-refractivity contribution in [2.45, 2.75) is 5.66 Å². The summed E-state index contributed by atoms with van der Waals surface area (Å²) in [6, 6.07) is 17.0. The minimum atomic E-state index is -1.38. The van der Waals surface area contributed by atoms with E-state index in [2.05, 4.69) is 20.6 Å². The molecule has 2 aromatic rings. The highest BCUT2D eigenvalue weighted by molar-refractivity contribution is 6.14. The fourth-order valence-electron chi connectivity index (χ4n) is 2.99. The van der Waals surface area contributed by atoms with Gasteiger partial charge in [-0.1, -0.05) is 36.4 Å². The van der Waals surface area contributed by atoms with Gasteiger partial charge in [0.2, 0.25) is 5.96 Å². The van der Waals surface area contributed by atoms with Crippen LogP contribution in [0.15, 0.2) is 64.6 Å². The number of anilines is 2. The van der Waals surface area contributed by atoms with Crippen LogP contribution in [0, 0.1) is 0 Å². The molecule has 0 saturated heterocycles. The number of guanidine groups is 2. The molecule has 0 bridgehead atoms. The molecule has 0 aliphatic carbocycles. The SMILES string of the molecule is CN1C(=O)C2(N=C(N)NC(Nc3ccccc3)=N2)c2ccccc21. The third-order valence-corrected chi connectivity index (χ3v) is 4.08. The first-order valence-corrected chi connectivity index (χ1v) is 7.52. The zero-order chi connectivity index (χ0) is 16.7. The average molecular weight is 320 g/mol. The maximum absolute atomic E-state index is 12.9. The lowest BCUT2D eigenvalue weighted by atomic mass is 10.0. The molecule has 120 valence electrons. The van der Waals surface area contributed by atoms with Gasteiger partial charge in [-0.25, -0.2) is 9.98 Å². The summed E-state index contributed by atoms with van der Waals surface area (Å²) in [7, 11) is 1.71. The van der Waals surface area contributed by atoms with E-state index in [0.29, 0.717) is 11.5 Å². The van der Waals surface area contributed by atoms with Gasteiger partial charge in [0.1, 0.15) is 0 Å². The van der Waals surface area contributed by atoms with E-state index in [1.54, 1.807) is 11.9 Å². The first-order valence-electron chi connectivity index (χ1n) is 7.52. The Morgan fingerprint density at radius 2 is 1.79 bits per heavy atom. The summed E-state index contributed by atoms with van der Waals surface area (Å²) < 4.78 is 0. The molecule has 2 aliphatic rings. The second-order valence-corrected chi connectivity index (χ2v) is 5.63. The van der Waals surface area contributed by atoms with Gasteiger partial charge in [0.15, 0.2) is 5.96 Å². The van der Waals surface area contributed by atoms with E-state index in [9.17, 15) is 4.79 Å². The van der Waals surface area contributed by atoms with Crippen LogP contribution in [0.5, 0.6) is 0 Å². The van der Waals surface area contributed by atoms with Crippen molar-refractivity contribution in [3.63, 3.8) is 0 Å². The molecule has 4 rings (SSSR count). The normalized spacial score (nSPS) is 21.9. The Morgan fingerprint density at radius 1 is 1.08 bits per heavy atom. The smallest absolute Gasteiger partial charge is 0.282 e. The Morgan fingerprint density at radius 3 is 2.58 bits per heavy atom. The summed E-state index contributed by atoms with van der Waals surface area (Å²) in [5, 5.41) is 6.01. The zero-order valence-electron chi connectivity index (χ0n) is 13.0. The number of aliphatic imine (C=N–C) groups is 2. The molecule has 7 heteroatoms. The molecule has 2 aliphatic heterocycles. The Labute approximate surface area is 138 Å². The maximum atomic E-state index is 12.9. The lowest BCUT2D eigenvalue weighted by Gasteiger charge is -2.26. The van der Waals surface area contributed by atoms with Gasteiger partial charge in [-0.2, -0.15) is 0 Å². The predicted octanol–water partition coefficient (Wildman–Crippen LogP) is 1.20. The fraction of sp³-hybridized carbons (Fsp3) is 0.118. The number of amides is 1. The van der Waals surface area contributed by atoms with Crippen molar-refractivity contribution in [3.8, 4) is 0 Å². The number of carbonyl (C=O) groups is 1. The van der Waals surface area contributed by atoms with E-state index in [-0.39, 0.29) is 11.9 Å². The Kier molecular flexibility index (Phi) is 3.02. The third kappa shape index (κ3) is 2.02. The van der Waals surface area contributed by atoms with Gasteiger partial charge < -0.3 is 16.0 Å². The number of benzene rings is 2. The molecule has 1 unspecified atom stereocenters. The summed E-state index contributed by atoms with van der Waals surface area (Å²) in [5.41, 5.74) is 6.90. The third-order valence-electron chi connectivity index (χ3n) is 4.08. The van der Waals surface area contributed by atoms with Crippen LogP contribution in [0.1, 0.15) is 5.56 Å². The molecule has 2 aromatic carbocycles. The summed E-state index contributed by atoms with van der Waals surface area (Å²) in [6.45, 7) is 0. The molecule has 7 nitrogen and oxygen atoms in total. The monoisotopic (exact) mass is 320 g/mol. The average Bonchev–Trinajstić information content (AvgIpc) is 2.78. The van der Waals surface area contributed by atoms with Crippen LogP contribution < -0.4 is 21.3 Å². The number of nitrogens with two attached hydrogens (primary N) is 1. The van der Waals surface area contributed by atoms with Crippen LogP contribution >= 0.6 is 0 Å². The summed E-state index contributed by atoms with van der Waals surface area (Å²) in [4.78, 5) is 23.3.